The molecule has 3 heterocycles. The molecule has 0 saturated carbocycles. The summed E-state index contributed by atoms with van der Waals surface area (Å²) in [6.45, 7) is 6.35. The minimum atomic E-state index is -0.824. The first-order valence-corrected chi connectivity index (χ1v) is 13.6. The number of benzene rings is 2. The van der Waals surface area contributed by atoms with Crippen molar-refractivity contribution in [1.82, 2.24) is 4.57 Å². The molecule has 2 aromatic carbocycles. The molecule has 2 atom stereocenters. The lowest BCUT2D eigenvalue weighted by Gasteiger charge is -2.23. The third kappa shape index (κ3) is 4.84. The van der Waals surface area contributed by atoms with Crippen molar-refractivity contribution in [2.75, 3.05) is 25.3 Å². The van der Waals surface area contributed by atoms with Crippen molar-refractivity contribution in [2.45, 2.75) is 26.8 Å². The van der Waals surface area contributed by atoms with Crippen LogP contribution in [-0.2, 0) is 14.3 Å². The molecule has 5 rings (SSSR count). The summed E-state index contributed by atoms with van der Waals surface area (Å²) in [5, 5.41) is 5.78. The number of hydrogen-bond acceptors (Lipinski definition) is 9. The summed E-state index contributed by atoms with van der Waals surface area (Å²) < 4.78 is 18.3. The zero-order chi connectivity index (χ0) is 28.4. The second-order valence-electron chi connectivity index (χ2n) is 8.98. The fourth-order valence-electron chi connectivity index (χ4n) is 4.68. The van der Waals surface area contributed by atoms with Crippen LogP contribution >= 0.6 is 11.3 Å². The van der Waals surface area contributed by atoms with Crippen LogP contribution in [0, 0.1) is 5.92 Å². The monoisotopic (exact) mass is 560 g/mol. The summed E-state index contributed by atoms with van der Waals surface area (Å²) in [6, 6.07) is 13.6. The molecule has 11 heteroatoms. The highest BCUT2D eigenvalue weighted by Crippen LogP contribution is 2.35. The highest BCUT2D eigenvalue weighted by Gasteiger charge is 2.35. The number of amides is 1. The van der Waals surface area contributed by atoms with E-state index >= 15 is 0 Å². The maximum absolute atomic E-state index is 13.9. The molecule has 0 aliphatic carbocycles. The predicted octanol–water partition coefficient (Wildman–Crippen LogP) is 2.81. The number of rotatable bonds is 8. The first-order chi connectivity index (χ1) is 19.4. The number of fused-ring (bicyclic) bond motifs is 1. The Morgan fingerprint density at radius 1 is 1.05 bits per heavy atom. The minimum absolute atomic E-state index is 0.193. The molecule has 10 nitrogen and oxygen atoms in total. The summed E-state index contributed by atoms with van der Waals surface area (Å²) in [5.74, 6) is -0.525. The SMILES string of the molecule is CCOc1ccc([C@H]2C(C(=O)OC)=CN=c3s/c(=C\[C@H]4C(=O)N(c5ccccc5)N=C4C)c(=O)n32)cc1OCC. The first-order valence-electron chi connectivity index (χ1n) is 12.8. The number of carbonyl (C=O) groups excluding carboxylic acids is 2. The van der Waals surface area contributed by atoms with E-state index < -0.39 is 17.9 Å². The highest BCUT2D eigenvalue weighted by atomic mass is 32.1. The number of aromatic nitrogens is 1. The molecule has 2 aliphatic rings. The summed E-state index contributed by atoms with van der Waals surface area (Å²) in [6.07, 6.45) is 3.05. The van der Waals surface area contributed by atoms with Crippen molar-refractivity contribution in [3.63, 3.8) is 0 Å². The van der Waals surface area contributed by atoms with E-state index in [2.05, 4.69) is 10.1 Å². The Kier molecular flexibility index (Phi) is 7.65. The standard InChI is InChI=1S/C29H28N4O6S/c1-5-38-22-13-12-18(14-23(22)39-6-2)25-21(28(36)37-4)16-30-29-32(25)27(35)24(40-29)15-20-17(3)31-33(26(20)34)19-10-8-7-9-11-19/h7-16,20,25H,5-6H2,1-4H3/b24-15-/t20-,25+/m1/s1. The predicted molar refractivity (Wildman–Crippen MR) is 151 cm³/mol. The Labute approximate surface area is 234 Å². The molecule has 0 unspecified atom stereocenters. The number of ether oxygens (including phenoxy) is 3. The number of nitrogens with zero attached hydrogens (tertiary/aromatic N) is 4. The van der Waals surface area contributed by atoms with Crippen molar-refractivity contribution in [3.8, 4) is 11.5 Å². The van der Waals surface area contributed by atoms with Gasteiger partial charge in [-0.05, 0) is 56.7 Å². The second kappa shape index (κ2) is 11.3. The number of methoxy groups -OCH3 is 1. The van der Waals surface area contributed by atoms with Crippen molar-refractivity contribution >= 4 is 40.7 Å². The van der Waals surface area contributed by atoms with Crippen molar-refractivity contribution in [3.05, 3.63) is 85.6 Å². The van der Waals surface area contributed by atoms with Crippen LogP contribution in [0.1, 0.15) is 32.4 Å². The van der Waals surface area contributed by atoms with E-state index in [1.165, 1.54) is 22.9 Å². The first kappa shape index (κ1) is 27.1. The Balaban J connectivity index is 1.61. The second-order valence-corrected chi connectivity index (χ2v) is 9.98. The van der Waals surface area contributed by atoms with Gasteiger partial charge >= 0.3 is 5.97 Å². The number of thiazole rings is 1. The van der Waals surface area contributed by atoms with Gasteiger partial charge in [0.05, 0.1) is 47.9 Å². The summed E-state index contributed by atoms with van der Waals surface area (Å²) in [7, 11) is 1.28. The Hall–Kier alpha value is -4.51. The zero-order valence-electron chi connectivity index (χ0n) is 22.5. The molecule has 1 aromatic heterocycles. The smallest absolute Gasteiger partial charge is 0.337 e. The third-order valence-corrected chi connectivity index (χ3v) is 7.52. The molecular formula is C29H28N4O6S. The number of carbonyl (C=O) groups is 2. The third-order valence-electron chi connectivity index (χ3n) is 6.51. The van der Waals surface area contributed by atoms with Gasteiger partial charge in [-0.3, -0.25) is 14.2 Å². The van der Waals surface area contributed by atoms with Crippen LogP contribution in [0.5, 0.6) is 11.5 Å². The number of hydrazone groups is 1. The van der Waals surface area contributed by atoms with Crippen LogP contribution in [0.15, 0.2) is 75.2 Å². The van der Waals surface area contributed by atoms with Crippen LogP contribution < -0.4 is 29.4 Å². The van der Waals surface area contributed by atoms with Gasteiger partial charge in [0.2, 0.25) is 0 Å². The molecule has 2 aliphatic heterocycles. The lowest BCUT2D eigenvalue weighted by molar-refractivity contribution is -0.136. The van der Waals surface area contributed by atoms with Crippen LogP contribution in [0.4, 0.5) is 5.69 Å². The molecule has 0 N–H and O–H groups in total. The van der Waals surface area contributed by atoms with Crippen LogP contribution in [-0.4, -0.2) is 42.5 Å². The molecule has 0 spiro atoms. The van der Waals surface area contributed by atoms with Gasteiger partial charge in [0, 0.05) is 6.20 Å². The van der Waals surface area contributed by atoms with E-state index in [1.54, 1.807) is 43.3 Å². The van der Waals surface area contributed by atoms with Crippen molar-refractivity contribution < 1.29 is 23.8 Å². The Morgan fingerprint density at radius 3 is 2.48 bits per heavy atom. The van der Waals surface area contributed by atoms with Gasteiger partial charge in [0.15, 0.2) is 16.3 Å². The summed E-state index contributed by atoms with van der Waals surface area (Å²) >= 11 is 1.15. The van der Waals surface area contributed by atoms with Gasteiger partial charge in [0.1, 0.15) is 5.92 Å². The lowest BCUT2D eigenvalue weighted by atomic mass is 9.97. The van der Waals surface area contributed by atoms with Crippen LogP contribution in [0.25, 0.3) is 6.08 Å². The molecule has 0 fully saturated rings. The quantitative estimate of drug-likeness (QED) is 0.392. The molecular weight excluding hydrogens is 532 g/mol. The van der Waals surface area contributed by atoms with Gasteiger partial charge in [-0.1, -0.05) is 35.6 Å². The molecule has 3 aromatic rings. The summed E-state index contributed by atoms with van der Waals surface area (Å²) in [5.41, 5.74) is 1.65. The van der Waals surface area contributed by atoms with E-state index in [0.717, 1.165) is 11.3 Å². The fourth-order valence-corrected chi connectivity index (χ4v) is 5.66. The fraction of sp³-hybridized carbons (Fsp3) is 0.276. The maximum atomic E-state index is 13.9. The van der Waals surface area contributed by atoms with Gasteiger partial charge in [-0.2, -0.15) is 10.1 Å². The largest absolute Gasteiger partial charge is 0.490 e. The average molecular weight is 561 g/mol. The van der Waals surface area contributed by atoms with Gasteiger partial charge in [-0.25, -0.2) is 9.79 Å². The maximum Gasteiger partial charge on any atom is 0.337 e. The van der Waals surface area contributed by atoms with Gasteiger partial charge in [0.25, 0.3) is 11.5 Å². The van der Waals surface area contributed by atoms with E-state index in [1.807, 2.05) is 32.0 Å². The average Bonchev–Trinajstić information content (AvgIpc) is 3.44. The molecule has 1 amide bonds. The van der Waals surface area contributed by atoms with E-state index in [0.29, 0.717) is 51.0 Å². The normalized spacial score (nSPS) is 18.6. The minimum Gasteiger partial charge on any atom is -0.490 e. The van der Waals surface area contributed by atoms with Crippen LogP contribution in [0.3, 0.4) is 0 Å². The number of anilines is 1. The topological polar surface area (TPSA) is 112 Å². The van der Waals surface area contributed by atoms with E-state index in [-0.39, 0.29) is 17.0 Å². The lowest BCUT2D eigenvalue weighted by Crippen LogP contribution is -2.39. The zero-order valence-corrected chi connectivity index (χ0v) is 23.3. The van der Waals surface area contributed by atoms with Crippen molar-refractivity contribution in [1.29, 1.82) is 0 Å². The molecule has 0 bridgehead atoms. The molecule has 0 saturated heterocycles. The highest BCUT2D eigenvalue weighted by molar-refractivity contribution is 7.07. The molecule has 0 radical (unpaired) electrons. The van der Waals surface area contributed by atoms with Crippen LogP contribution in [0.2, 0.25) is 0 Å². The Bertz CT molecular complexity index is 1710. The molecule has 206 valence electrons. The Morgan fingerprint density at radius 2 is 1.77 bits per heavy atom. The van der Waals surface area contributed by atoms with Gasteiger partial charge < -0.3 is 14.2 Å². The number of para-hydroxylation sites is 1. The summed E-state index contributed by atoms with van der Waals surface area (Å²) in [4.78, 5) is 44.7. The molecule has 40 heavy (non-hydrogen) atoms. The van der Waals surface area contributed by atoms with E-state index in [4.69, 9.17) is 14.2 Å². The number of esters is 1. The van der Waals surface area contributed by atoms with E-state index in [9.17, 15) is 14.4 Å². The number of hydrogen-bond donors (Lipinski definition) is 0. The van der Waals surface area contributed by atoms with Gasteiger partial charge in [-0.15, -0.1) is 0 Å². The van der Waals surface area contributed by atoms with Crippen molar-refractivity contribution in [2.24, 2.45) is 16.0 Å².